The number of halogens is 1. The van der Waals surface area contributed by atoms with Crippen molar-refractivity contribution in [3.05, 3.63) is 63.1 Å². The first-order chi connectivity index (χ1) is 9.52. The molecule has 20 heavy (non-hydrogen) atoms. The summed E-state index contributed by atoms with van der Waals surface area (Å²) in [5.74, 6) is 0.899. The van der Waals surface area contributed by atoms with Gasteiger partial charge in [0.05, 0.1) is 0 Å². The lowest BCUT2D eigenvalue weighted by Gasteiger charge is -2.31. The summed E-state index contributed by atoms with van der Waals surface area (Å²) in [6, 6.07) is 12.6. The SMILES string of the molecule is Cc1cc(C)cc(C2C[C@@H](N)c3cc(Br)ccc3O2)c1. The maximum absolute atomic E-state index is 6.32. The highest BCUT2D eigenvalue weighted by Gasteiger charge is 2.27. The van der Waals surface area contributed by atoms with Crippen LogP contribution in [0.15, 0.2) is 40.9 Å². The molecule has 2 aromatic carbocycles. The van der Waals surface area contributed by atoms with Crippen molar-refractivity contribution >= 4 is 15.9 Å². The number of hydrogen-bond acceptors (Lipinski definition) is 2. The zero-order valence-electron chi connectivity index (χ0n) is 11.7. The van der Waals surface area contributed by atoms with E-state index in [1.165, 1.54) is 16.7 Å². The molecule has 1 heterocycles. The lowest BCUT2D eigenvalue weighted by molar-refractivity contribution is 0.161. The van der Waals surface area contributed by atoms with E-state index >= 15 is 0 Å². The number of nitrogens with two attached hydrogens (primary N) is 1. The molecule has 2 atom stereocenters. The second-order valence-electron chi connectivity index (χ2n) is 5.55. The molecule has 3 rings (SSSR count). The molecule has 0 spiro atoms. The number of hydrogen-bond donors (Lipinski definition) is 1. The average molecular weight is 332 g/mol. The summed E-state index contributed by atoms with van der Waals surface area (Å²) in [6.07, 6.45) is 0.851. The van der Waals surface area contributed by atoms with Crippen LogP contribution in [-0.2, 0) is 0 Å². The second kappa shape index (κ2) is 5.23. The summed E-state index contributed by atoms with van der Waals surface area (Å²) < 4.78 is 7.19. The van der Waals surface area contributed by atoms with Crippen molar-refractivity contribution in [1.29, 1.82) is 0 Å². The van der Waals surface area contributed by atoms with Crippen LogP contribution >= 0.6 is 15.9 Å². The molecule has 104 valence electrons. The van der Waals surface area contributed by atoms with E-state index in [1.807, 2.05) is 12.1 Å². The molecule has 0 bridgehead atoms. The first kappa shape index (κ1) is 13.7. The predicted octanol–water partition coefficient (Wildman–Crippen LogP) is 4.59. The van der Waals surface area contributed by atoms with Crippen LogP contribution in [0.1, 0.15) is 40.8 Å². The topological polar surface area (TPSA) is 35.2 Å². The number of ether oxygens (including phenoxy) is 1. The maximum Gasteiger partial charge on any atom is 0.126 e. The van der Waals surface area contributed by atoms with Crippen molar-refractivity contribution in [1.82, 2.24) is 0 Å². The van der Waals surface area contributed by atoms with Gasteiger partial charge in [0.2, 0.25) is 0 Å². The molecule has 0 radical (unpaired) electrons. The lowest BCUT2D eigenvalue weighted by atomic mass is 9.92. The fourth-order valence-electron chi connectivity index (χ4n) is 2.88. The molecule has 2 aromatic rings. The minimum atomic E-state index is 0.0158. The van der Waals surface area contributed by atoms with Gasteiger partial charge in [0.25, 0.3) is 0 Å². The Morgan fingerprint density at radius 1 is 1.10 bits per heavy atom. The first-order valence-electron chi connectivity index (χ1n) is 6.83. The highest BCUT2D eigenvalue weighted by molar-refractivity contribution is 9.10. The zero-order valence-corrected chi connectivity index (χ0v) is 13.3. The van der Waals surface area contributed by atoms with Gasteiger partial charge in [-0.1, -0.05) is 45.3 Å². The number of fused-ring (bicyclic) bond motifs is 1. The Morgan fingerprint density at radius 2 is 1.80 bits per heavy atom. The van der Waals surface area contributed by atoms with E-state index in [9.17, 15) is 0 Å². The Bertz CT molecular complexity index is 633. The molecule has 2 N–H and O–H groups in total. The minimum absolute atomic E-state index is 0.0158. The van der Waals surface area contributed by atoms with Crippen molar-refractivity contribution in [3.63, 3.8) is 0 Å². The fraction of sp³-hybridized carbons (Fsp3) is 0.294. The highest BCUT2D eigenvalue weighted by Crippen LogP contribution is 2.41. The molecule has 1 aliphatic rings. The quantitative estimate of drug-likeness (QED) is 0.829. The molecule has 0 fully saturated rings. The Labute approximate surface area is 128 Å². The normalized spacial score (nSPS) is 21.2. The Kier molecular flexibility index (Phi) is 3.57. The van der Waals surface area contributed by atoms with E-state index in [2.05, 4.69) is 54.0 Å². The predicted molar refractivity (Wildman–Crippen MR) is 85.0 cm³/mol. The van der Waals surface area contributed by atoms with E-state index in [1.54, 1.807) is 0 Å². The largest absolute Gasteiger partial charge is 0.485 e. The van der Waals surface area contributed by atoms with E-state index in [4.69, 9.17) is 10.5 Å². The molecule has 0 saturated heterocycles. The summed E-state index contributed by atoms with van der Waals surface area (Å²) in [5, 5.41) is 0. The van der Waals surface area contributed by atoms with Crippen LogP contribution in [0.5, 0.6) is 5.75 Å². The van der Waals surface area contributed by atoms with Crippen LogP contribution in [0.25, 0.3) is 0 Å². The van der Waals surface area contributed by atoms with Gasteiger partial charge in [-0.3, -0.25) is 0 Å². The third-order valence-corrected chi connectivity index (χ3v) is 4.22. The molecule has 3 heteroatoms. The van der Waals surface area contributed by atoms with Crippen LogP contribution < -0.4 is 10.5 Å². The highest BCUT2D eigenvalue weighted by atomic mass is 79.9. The molecular formula is C17H18BrNO. The lowest BCUT2D eigenvalue weighted by Crippen LogP contribution is -2.24. The van der Waals surface area contributed by atoms with E-state index in [-0.39, 0.29) is 12.1 Å². The van der Waals surface area contributed by atoms with Crippen LogP contribution in [-0.4, -0.2) is 0 Å². The van der Waals surface area contributed by atoms with Gasteiger partial charge in [-0.15, -0.1) is 0 Å². The van der Waals surface area contributed by atoms with Crippen molar-refractivity contribution in [2.24, 2.45) is 5.73 Å². The standard InChI is InChI=1S/C17H18BrNO/c1-10-5-11(2)7-12(6-10)17-9-15(19)14-8-13(18)3-4-16(14)20-17/h3-8,15,17H,9,19H2,1-2H3/t15-,17?/m1/s1. The fourth-order valence-corrected chi connectivity index (χ4v) is 3.25. The van der Waals surface area contributed by atoms with Crippen LogP contribution in [0.2, 0.25) is 0 Å². The van der Waals surface area contributed by atoms with Gasteiger partial charge in [-0.05, 0) is 37.6 Å². The molecule has 1 unspecified atom stereocenters. The Morgan fingerprint density at radius 3 is 2.50 bits per heavy atom. The van der Waals surface area contributed by atoms with Crippen LogP contribution in [0, 0.1) is 13.8 Å². The minimum Gasteiger partial charge on any atom is -0.485 e. The third kappa shape index (κ3) is 2.60. The number of aryl methyl sites for hydroxylation is 2. The van der Waals surface area contributed by atoms with E-state index < -0.39 is 0 Å². The second-order valence-corrected chi connectivity index (χ2v) is 6.47. The van der Waals surface area contributed by atoms with Gasteiger partial charge in [-0.25, -0.2) is 0 Å². The van der Waals surface area contributed by atoms with Crippen molar-refractivity contribution in [3.8, 4) is 5.75 Å². The van der Waals surface area contributed by atoms with Gasteiger partial charge in [0.1, 0.15) is 11.9 Å². The van der Waals surface area contributed by atoms with Crippen molar-refractivity contribution < 1.29 is 4.74 Å². The molecule has 2 nitrogen and oxygen atoms in total. The first-order valence-corrected chi connectivity index (χ1v) is 7.62. The monoisotopic (exact) mass is 331 g/mol. The third-order valence-electron chi connectivity index (χ3n) is 3.72. The average Bonchev–Trinajstić information content (AvgIpc) is 2.38. The van der Waals surface area contributed by atoms with Gasteiger partial charge in [-0.2, -0.15) is 0 Å². The summed E-state index contributed by atoms with van der Waals surface area (Å²) in [5.41, 5.74) is 11.1. The van der Waals surface area contributed by atoms with E-state index in [0.29, 0.717) is 0 Å². The van der Waals surface area contributed by atoms with Crippen LogP contribution in [0.4, 0.5) is 0 Å². The van der Waals surface area contributed by atoms with Gasteiger partial charge < -0.3 is 10.5 Å². The molecular weight excluding hydrogens is 314 g/mol. The molecule has 0 aromatic heterocycles. The summed E-state index contributed by atoms with van der Waals surface area (Å²) in [6.45, 7) is 4.23. The summed E-state index contributed by atoms with van der Waals surface area (Å²) in [7, 11) is 0. The Hall–Kier alpha value is -1.32. The summed E-state index contributed by atoms with van der Waals surface area (Å²) in [4.78, 5) is 0. The smallest absolute Gasteiger partial charge is 0.126 e. The van der Waals surface area contributed by atoms with Gasteiger partial charge >= 0.3 is 0 Å². The maximum atomic E-state index is 6.32. The number of benzene rings is 2. The Balaban J connectivity index is 1.96. The molecule has 1 aliphatic heterocycles. The molecule has 0 amide bonds. The van der Waals surface area contributed by atoms with E-state index in [0.717, 1.165) is 22.2 Å². The molecule has 0 saturated carbocycles. The summed E-state index contributed by atoms with van der Waals surface area (Å²) >= 11 is 3.49. The zero-order chi connectivity index (χ0) is 14.3. The van der Waals surface area contributed by atoms with Crippen molar-refractivity contribution in [2.75, 3.05) is 0 Å². The van der Waals surface area contributed by atoms with Crippen LogP contribution in [0.3, 0.4) is 0 Å². The van der Waals surface area contributed by atoms with Crippen molar-refractivity contribution in [2.45, 2.75) is 32.4 Å². The number of rotatable bonds is 1. The molecule has 0 aliphatic carbocycles. The van der Waals surface area contributed by atoms with Gasteiger partial charge in [0.15, 0.2) is 0 Å². The van der Waals surface area contributed by atoms with Gasteiger partial charge in [0, 0.05) is 22.5 Å².